The fourth-order valence-corrected chi connectivity index (χ4v) is 2.05. The summed E-state index contributed by atoms with van der Waals surface area (Å²) in [4.78, 5) is 15.9. The Morgan fingerprint density at radius 3 is 3.06 bits per heavy atom. The van der Waals surface area contributed by atoms with Gasteiger partial charge in [0.2, 0.25) is 0 Å². The van der Waals surface area contributed by atoms with Gasteiger partial charge in [-0.25, -0.2) is 4.98 Å². The normalized spacial score (nSPS) is 10.2. The van der Waals surface area contributed by atoms with Crippen molar-refractivity contribution in [2.45, 2.75) is 6.54 Å². The molecular formula is C11H10ClN3OS. The monoisotopic (exact) mass is 267 g/mol. The first-order valence-corrected chi connectivity index (χ1v) is 6.19. The molecule has 0 unspecified atom stereocenters. The number of nitrogens with zero attached hydrogens (tertiary/aromatic N) is 1. The maximum atomic E-state index is 11.8. The molecule has 0 aliphatic rings. The van der Waals surface area contributed by atoms with Crippen molar-refractivity contribution in [3.63, 3.8) is 0 Å². The van der Waals surface area contributed by atoms with Crippen LogP contribution in [0.25, 0.3) is 0 Å². The van der Waals surface area contributed by atoms with Crippen molar-refractivity contribution >= 4 is 34.5 Å². The Balaban J connectivity index is 2.07. The number of nitrogens with one attached hydrogen (secondary N) is 1. The predicted octanol–water partition coefficient (Wildman–Crippen LogP) is 2.31. The van der Waals surface area contributed by atoms with Crippen LogP contribution in [-0.4, -0.2) is 10.9 Å². The minimum absolute atomic E-state index is 0.252. The first kappa shape index (κ1) is 11.9. The first-order valence-electron chi connectivity index (χ1n) is 4.87. The van der Waals surface area contributed by atoms with E-state index in [0.29, 0.717) is 22.8 Å². The molecule has 0 spiro atoms. The maximum Gasteiger partial charge on any atom is 0.253 e. The molecule has 2 rings (SSSR count). The number of hydrogen-bond donors (Lipinski definition) is 2. The van der Waals surface area contributed by atoms with Crippen LogP contribution in [0, 0.1) is 0 Å². The molecule has 1 aromatic carbocycles. The van der Waals surface area contributed by atoms with E-state index < -0.39 is 0 Å². The molecule has 0 saturated carbocycles. The number of carbonyl (C=O) groups is 1. The van der Waals surface area contributed by atoms with Gasteiger partial charge in [-0.2, -0.15) is 0 Å². The Morgan fingerprint density at radius 1 is 1.53 bits per heavy atom. The molecule has 0 atom stereocenters. The molecule has 4 nitrogen and oxygen atoms in total. The third-order valence-electron chi connectivity index (χ3n) is 2.17. The molecule has 3 N–H and O–H groups in total. The van der Waals surface area contributed by atoms with Crippen LogP contribution in [0.3, 0.4) is 0 Å². The topological polar surface area (TPSA) is 68.0 Å². The lowest BCUT2D eigenvalue weighted by atomic mass is 10.1. The Morgan fingerprint density at radius 2 is 2.35 bits per heavy atom. The van der Waals surface area contributed by atoms with E-state index >= 15 is 0 Å². The highest BCUT2D eigenvalue weighted by atomic mass is 35.5. The van der Waals surface area contributed by atoms with Gasteiger partial charge in [0.1, 0.15) is 0 Å². The minimum atomic E-state index is -0.252. The van der Waals surface area contributed by atoms with Crippen LogP contribution in [0.15, 0.2) is 29.1 Å². The van der Waals surface area contributed by atoms with Crippen molar-refractivity contribution in [2.24, 2.45) is 0 Å². The molecule has 0 bridgehead atoms. The second kappa shape index (κ2) is 5.16. The third-order valence-corrected chi connectivity index (χ3v) is 3.04. The molecule has 2 aromatic rings. The van der Waals surface area contributed by atoms with Gasteiger partial charge in [-0.05, 0) is 18.2 Å². The Bertz CT molecular complexity index is 528. The average molecular weight is 268 g/mol. The minimum Gasteiger partial charge on any atom is -0.398 e. The second-order valence-corrected chi connectivity index (χ2v) is 4.55. The maximum absolute atomic E-state index is 11.8. The molecule has 1 heterocycles. The smallest absolute Gasteiger partial charge is 0.253 e. The van der Waals surface area contributed by atoms with Gasteiger partial charge in [-0.3, -0.25) is 4.79 Å². The number of benzene rings is 1. The number of aromatic nitrogens is 1. The van der Waals surface area contributed by atoms with E-state index in [0.717, 1.165) is 5.69 Å². The summed E-state index contributed by atoms with van der Waals surface area (Å²) in [6.07, 6.45) is 0. The van der Waals surface area contributed by atoms with Gasteiger partial charge in [0.05, 0.1) is 23.3 Å². The average Bonchev–Trinajstić information content (AvgIpc) is 2.82. The molecule has 17 heavy (non-hydrogen) atoms. The largest absolute Gasteiger partial charge is 0.398 e. The molecule has 1 aromatic heterocycles. The fraction of sp³-hybridized carbons (Fsp3) is 0.0909. The summed E-state index contributed by atoms with van der Waals surface area (Å²) in [7, 11) is 0. The third kappa shape index (κ3) is 2.95. The first-order chi connectivity index (χ1) is 8.16. The van der Waals surface area contributed by atoms with Gasteiger partial charge in [0.25, 0.3) is 5.91 Å². The molecular weight excluding hydrogens is 258 g/mol. The summed E-state index contributed by atoms with van der Waals surface area (Å²) >= 11 is 7.30. The Labute approximate surface area is 107 Å². The number of nitrogens with two attached hydrogens (primary N) is 1. The van der Waals surface area contributed by atoms with E-state index in [2.05, 4.69) is 10.3 Å². The van der Waals surface area contributed by atoms with Gasteiger partial charge in [0, 0.05) is 16.1 Å². The second-order valence-electron chi connectivity index (χ2n) is 3.39. The van der Waals surface area contributed by atoms with Gasteiger partial charge in [0.15, 0.2) is 0 Å². The lowest BCUT2D eigenvalue weighted by molar-refractivity contribution is 0.0951. The quantitative estimate of drug-likeness (QED) is 0.839. The van der Waals surface area contributed by atoms with Gasteiger partial charge >= 0.3 is 0 Å². The van der Waals surface area contributed by atoms with Crippen LogP contribution in [0.5, 0.6) is 0 Å². The number of nitrogen functional groups attached to an aromatic ring is 1. The van der Waals surface area contributed by atoms with E-state index in [1.54, 1.807) is 23.7 Å². The summed E-state index contributed by atoms with van der Waals surface area (Å²) in [5, 5.41) is 5.10. The fourth-order valence-electron chi connectivity index (χ4n) is 1.32. The number of thiazole rings is 1. The number of anilines is 1. The zero-order chi connectivity index (χ0) is 12.3. The van der Waals surface area contributed by atoms with E-state index in [1.807, 2.05) is 5.38 Å². The van der Waals surface area contributed by atoms with E-state index in [1.165, 1.54) is 11.3 Å². The summed E-state index contributed by atoms with van der Waals surface area (Å²) in [5.74, 6) is -0.252. The standard InChI is InChI=1S/C11H10ClN3OS/c12-7-1-2-10(13)9(3-7)11(16)14-4-8-5-17-6-15-8/h1-3,5-6H,4,13H2,(H,14,16). The molecule has 0 fully saturated rings. The summed E-state index contributed by atoms with van der Waals surface area (Å²) in [6.45, 7) is 0.383. The highest BCUT2D eigenvalue weighted by molar-refractivity contribution is 7.07. The van der Waals surface area contributed by atoms with Crippen molar-refractivity contribution in [3.05, 3.63) is 45.4 Å². The number of halogens is 1. The van der Waals surface area contributed by atoms with Crippen LogP contribution in [0.1, 0.15) is 16.1 Å². The van der Waals surface area contributed by atoms with Crippen molar-refractivity contribution in [3.8, 4) is 0 Å². The highest BCUT2D eigenvalue weighted by Gasteiger charge is 2.10. The zero-order valence-electron chi connectivity index (χ0n) is 8.81. The molecule has 6 heteroatoms. The molecule has 0 radical (unpaired) electrons. The summed E-state index contributed by atoms with van der Waals surface area (Å²) < 4.78 is 0. The van der Waals surface area contributed by atoms with Crippen molar-refractivity contribution in [1.29, 1.82) is 0 Å². The van der Waals surface area contributed by atoms with Crippen molar-refractivity contribution in [1.82, 2.24) is 10.3 Å². The summed E-state index contributed by atoms with van der Waals surface area (Å²) in [5.41, 5.74) is 9.04. The molecule has 88 valence electrons. The van der Waals surface area contributed by atoms with Gasteiger partial charge in [-0.1, -0.05) is 11.6 Å². The highest BCUT2D eigenvalue weighted by Crippen LogP contribution is 2.17. The Kier molecular flexibility index (Phi) is 3.61. The zero-order valence-corrected chi connectivity index (χ0v) is 10.4. The SMILES string of the molecule is Nc1ccc(Cl)cc1C(=O)NCc1cscn1. The van der Waals surface area contributed by atoms with E-state index in [4.69, 9.17) is 17.3 Å². The number of hydrogen-bond acceptors (Lipinski definition) is 4. The van der Waals surface area contributed by atoms with Crippen molar-refractivity contribution < 1.29 is 4.79 Å². The van der Waals surface area contributed by atoms with Gasteiger partial charge in [-0.15, -0.1) is 11.3 Å². The molecule has 0 aliphatic carbocycles. The van der Waals surface area contributed by atoms with Gasteiger partial charge < -0.3 is 11.1 Å². The number of carbonyl (C=O) groups excluding carboxylic acids is 1. The lowest BCUT2D eigenvalue weighted by Gasteiger charge is -2.06. The lowest BCUT2D eigenvalue weighted by Crippen LogP contribution is -2.23. The number of rotatable bonds is 3. The molecule has 0 saturated heterocycles. The van der Waals surface area contributed by atoms with Crippen LogP contribution in [0.2, 0.25) is 5.02 Å². The molecule has 1 amide bonds. The van der Waals surface area contributed by atoms with Crippen LogP contribution in [0.4, 0.5) is 5.69 Å². The van der Waals surface area contributed by atoms with E-state index in [-0.39, 0.29) is 5.91 Å². The van der Waals surface area contributed by atoms with Crippen LogP contribution in [-0.2, 0) is 6.54 Å². The predicted molar refractivity (Wildman–Crippen MR) is 69.1 cm³/mol. The molecule has 0 aliphatic heterocycles. The Hall–Kier alpha value is -1.59. The van der Waals surface area contributed by atoms with Crippen molar-refractivity contribution in [2.75, 3.05) is 5.73 Å². The number of amides is 1. The van der Waals surface area contributed by atoms with Crippen LogP contribution < -0.4 is 11.1 Å². The van der Waals surface area contributed by atoms with E-state index in [9.17, 15) is 4.79 Å². The van der Waals surface area contributed by atoms with Crippen LogP contribution >= 0.6 is 22.9 Å². The summed E-state index contributed by atoms with van der Waals surface area (Å²) in [6, 6.07) is 4.81.